The van der Waals surface area contributed by atoms with Crippen LogP contribution in [0.5, 0.6) is 0 Å². The number of piperazine rings is 1. The number of hydrogen-bond donors (Lipinski definition) is 1. The van der Waals surface area contributed by atoms with Gasteiger partial charge in [-0.15, -0.1) is 0 Å². The van der Waals surface area contributed by atoms with E-state index in [1.165, 1.54) is 0 Å². The summed E-state index contributed by atoms with van der Waals surface area (Å²) in [6, 6.07) is 8.96. The number of anilines is 2. The number of pyridine rings is 1. The molecule has 3 rings (SSSR count). The second-order valence-corrected chi connectivity index (χ2v) is 6.38. The molecule has 25 heavy (non-hydrogen) atoms. The van der Waals surface area contributed by atoms with E-state index in [1.54, 1.807) is 35.4 Å². The standard InChI is InChI=1S/C18H19ClN4O2/c1-13-10-14(19)2-3-16(13)21-18(25)17-11-15(4-5-20-17)23-8-6-22(12-24)7-9-23/h2-5,10-12H,6-9H2,1H3,(H,21,25). The molecule has 0 bridgehead atoms. The van der Waals surface area contributed by atoms with Gasteiger partial charge in [-0.3, -0.25) is 14.6 Å². The lowest BCUT2D eigenvalue weighted by Gasteiger charge is -2.34. The molecule has 0 spiro atoms. The summed E-state index contributed by atoms with van der Waals surface area (Å²) in [5.74, 6) is -0.265. The molecule has 130 valence electrons. The van der Waals surface area contributed by atoms with E-state index >= 15 is 0 Å². The summed E-state index contributed by atoms with van der Waals surface area (Å²) >= 11 is 5.94. The van der Waals surface area contributed by atoms with E-state index in [0.29, 0.717) is 29.5 Å². The average molecular weight is 359 g/mol. The van der Waals surface area contributed by atoms with E-state index in [4.69, 9.17) is 11.6 Å². The van der Waals surface area contributed by atoms with E-state index < -0.39 is 0 Å². The van der Waals surface area contributed by atoms with Crippen LogP contribution in [0.15, 0.2) is 36.5 Å². The van der Waals surface area contributed by atoms with Crippen LogP contribution in [-0.4, -0.2) is 48.4 Å². The zero-order valence-electron chi connectivity index (χ0n) is 13.9. The fourth-order valence-electron chi connectivity index (χ4n) is 2.78. The zero-order valence-corrected chi connectivity index (χ0v) is 14.7. The minimum Gasteiger partial charge on any atom is -0.368 e. The number of halogens is 1. The van der Waals surface area contributed by atoms with Crippen molar-refractivity contribution in [2.75, 3.05) is 36.4 Å². The van der Waals surface area contributed by atoms with Crippen LogP contribution in [0.1, 0.15) is 16.1 Å². The van der Waals surface area contributed by atoms with E-state index in [2.05, 4.69) is 15.2 Å². The van der Waals surface area contributed by atoms with Gasteiger partial charge in [0.2, 0.25) is 6.41 Å². The summed E-state index contributed by atoms with van der Waals surface area (Å²) in [5.41, 5.74) is 2.88. The third-order valence-electron chi connectivity index (χ3n) is 4.24. The summed E-state index contributed by atoms with van der Waals surface area (Å²) in [4.78, 5) is 31.4. The predicted molar refractivity (Wildman–Crippen MR) is 98.2 cm³/mol. The Balaban J connectivity index is 1.72. The molecule has 0 radical (unpaired) electrons. The summed E-state index contributed by atoms with van der Waals surface area (Å²) < 4.78 is 0. The van der Waals surface area contributed by atoms with Crippen LogP contribution in [0.3, 0.4) is 0 Å². The Bertz CT molecular complexity index is 788. The van der Waals surface area contributed by atoms with Crippen molar-refractivity contribution >= 4 is 35.3 Å². The molecule has 1 N–H and O–H groups in total. The number of nitrogens with one attached hydrogen (secondary N) is 1. The van der Waals surface area contributed by atoms with Gasteiger partial charge in [0, 0.05) is 48.8 Å². The Kier molecular flexibility index (Phi) is 5.19. The highest BCUT2D eigenvalue weighted by atomic mass is 35.5. The van der Waals surface area contributed by atoms with E-state index in [-0.39, 0.29) is 5.91 Å². The zero-order chi connectivity index (χ0) is 17.8. The summed E-state index contributed by atoms with van der Waals surface area (Å²) in [5, 5.41) is 3.50. The third-order valence-corrected chi connectivity index (χ3v) is 4.48. The topological polar surface area (TPSA) is 65.5 Å². The molecule has 1 aliphatic rings. The first-order valence-electron chi connectivity index (χ1n) is 8.04. The molecule has 1 saturated heterocycles. The summed E-state index contributed by atoms with van der Waals surface area (Å²) in [6.07, 6.45) is 2.50. The van der Waals surface area contributed by atoms with Crippen molar-refractivity contribution in [3.05, 3.63) is 52.8 Å². The van der Waals surface area contributed by atoms with Crippen LogP contribution in [0.2, 0.25) is 5.02 Å². The first-order chi connectivity index (χ1) is 12.1. The molecule has 2 heterocycles. The molecule has 7 heteroatoms. The highest BCUT2D eigenvalue weighted by Crippen LogP contribution is 2.21. The number of benzene rings is 1. The molecule has 1 aromatic heterocycles. The van der Waals surface area contributed by atoms with Crippen LogP contribution < -0.4 is 10.2 Å². The van der Waals surface area contributed by atoms with Crippen molar-refractivity contribution < 1.29 is 9.59 Å². The minimum atomic E-state index is -0.265. The number of rotatable bonds is 4. The molecule has 1 fully saturated rings. The van der Waals surface area contributed by atoms with Crippen molar-refractivity contribution in [1.29, 1.82) is 0 Å². The first-order valence-corrected chi connectivity index (χ1v) is 8.42. The molecule has 0 unspecified atom stereocenters. The highest BCUT2D eigenvalue weighted by Gasteiger charge is 2.17. The molecule has 0 aliphatic carbocycles. The Morgan fingerprint density at radius 3 is 2.64 bits per heavy atom. The van der Waals surface area contributed by atoms with Crippen LogP contribution >= 0.6 is 11.6 Å². The lowest BCUT2D eigenvalue weighted by molar-refractivity contribution is -0.118. The van der Waals surface area contributed by atoms with Crippen molar-refractivity contribution in [3.63, 3.8) is 0 Å². The Morgan fingerprint density at radius 2 is 1.96 bits per heavy atom. The maximum Gasteiger partial charge on any atom is 0.274 e. The Morgan fingerprint density at radius 1 is 1.20 bits per heavy atom. The van der Waals surface area contributed by atoms with Gasteiger partial charge in [0.25, 0.3) is 5.91 Å². The van der Waals surface area contributed by atoms with Gasteiger partial charge in [-0.25, -0.2) is 0 Å². The smallest absolute Gasteiger partial charge is 0.274 e. The van der Waals surface area contributed by atoms with Gasteiger partial charge < -0.3 is 15.1 Å². The Hall–Kier alpha value is -2.60. The van der Waals surface area contributed by atoms with Crippen molar-refractivity contribution in [2.24, 2.45) is 0 Å². The summed E-state index contributed by atoms with van der Waals surface area (Å²) in [6.45, 7) is 4.71. The normalized spacial score (nSPS) is 14.3. The fourth-order valence-corrected chi connectivity index (χ4v) is 3.01. The maximum atomic E-state index is 12.5. The molecule has 2 amide bonds. The molecule has 0 saturated carbocycles. The fraction of sp³-hybridized carbons (Fsp3) is 0.278. The van der Waals surface area contributed by atoms with Gasteiger partial charge in [0.1, 0.15) is 5.69 Å². The largest absolute Gasteiger partial charge is 0.368 e. The van der Waals surface area contributed by atoms with Gasteiger partial charge in [-0.2, -0.15) is 0 Å². The quantitative estimate of drug-likeness (QED) is 0.853. The number of hydrogen-bond acceptors (Lipinski definition) is 4. The van der Waals surface area contributed by atoms with E-state index in [9.17, 15) is 9.59 Å². The van der Waals surface area contributed by atoms with E-state index in [0.717, 1.165) is 30.8 Å². The van der Waals surface area contributed by atoms with Crippen molar-refractivity contribution in [2.45, 2.75) is 6.92 Å². The number of aromatic nitrogens is 1. The minimum absolute atomic E-state index is 0.265. The van der Waals surface area contributed by atoms with Gasteiger partial charge in [-0.05, 0) is 42.8 Å². The third kappa shape index (κ3) is 4.09. The lowest BCUT2D eigenvalue weighted by atomic mass is 10.2. The van der Waals surface area contributed by atoms with Crippen molar-refractivity contribution in [1.82, 2.24) is 9.88 Å². The van der Waals surface area contributed by atoms with Crippen LogP contribution in [0, 0.1) is 6.92 Å². The van der Waals surface area contributed by atoms with Crippen LogP contribution in [0.25, 0.3) is 0 Å². The van der Waals surface area contributed by atoms with Gasteiger partial charge in [0.15, 0.2) is 0 Å². The molecular weight excluding hydrogens is 340 g/mol. The molecular formula is C18H19ClN4O2. The Labute approximate surface area is 151 Å². The number of amides is 2. The van der Waals surface area contributed by atoms with Crippen molar-refractivity contribution in [3.8, 4) is 0 Å². The average Bonchev–Trinajstić information content (AvgIpc) is 2.64. The van der Waals surface area contributed by atoms with E-state index in [1.807, 2.05) is 13.0 Å². The predicted octanol–water partition coefficient (Wildman–Crippen LogP) is 2.57. The van der Waals surface area contributed by atoms with Crippen LogP contribution in [0.4, 0.5) is 11.4 Å². The molecule has 0 atom stereocenters. The highest BCUT2D eigenvalue weighted by molar-refractivity contribution is 6.30. The molecule has 2 aromatic rings. The van der Waals surface area contributed by atoms with Gasteiger partial charge in [-0.1, -0.05) is 11.6 Å². The molecule has 6 nitrogen and oxygen atoms in total. The number of aryl methyl sites for hydroxylation is 1. The maximum absolute atomic E-state index is 12.5. The van der Waals surface area contributed by atoms with Gasteiger partial charge >= 0.3 is 0 Å². The lowest BCUT2D eigenvalue weighted by Crippen LogP contribution is -2.45. The second kappa shape index (κ2) is 7.53. The molecule has 1 aromatic carbocycles. The second-order valence-electron chi connectivity index (χ2n) is 5.94. The number of carbonyl (C=O) groups excluding carboxylic acids is 2. The number of nitrogens with zero attached hydrogens (tertiary/aromatic N) is 3. The van der Waals surface area contributed by atoms with Crippen LogP contribution in [-0.2, 0) is 4.79 Å². The number of carbonyl (C=O) groups is 2. The summed E-state index contributed by atoms with van der Waals surface area (Å²) in [7, 11) is 0. The molecule has 1 aliphatic heterocycles. The SMILES string of the molecule is Cc1cc(Cl)ccc1NC(=O)c1cc(N2CCN(C=O)CC2)ccn1. The monoisotopic (exact) mass is 358 g/mol. The first kappa shape index (κ1) is 17.2. The van der Waals surface area contributed by atoms with Gasteiger partial charge in [0.05, 0.1) is 0 Å².